The van der Waals surface area contributed by atoms with Crippen LogP contribution < -0.4 is 10.1 Å². The van der Waals surface area contributed by atoms with Gasteiger partial charge in [0.1, 0.15) is 10.4 Å². The Morgan fingerprint density at radius 2 is 1.92 bits per heavy atom. The van der Waals surface area contributed by atoms with Gasteiger partial charge in [-0.25, -0.2) is 9.78 Å². The number of halogens is 1. The summed E-state index contributed by atoms with van der Waals surface area (Å²) in [6, 6.07) is 9.29. The lowest BCUT2D eigenvalue weighted by molar-refractivity contribution is 0.0846. The van der Waals surface area contributed by atoms with Crippen LogP contribution in [0.1, 0.15) is 35.6 Å². The van der Waals surface area contributed by atoms with Crippen LogP contribution in [0.3, 0.4) is 0 Å². The summed E-state index contributed by atoms with van der Waals surface area (Å²) in [5.74, 6) is 0.776. The molecule has 1 aliphatic rings. The van der Waals surface area contributed by atoms with Gasteiger partial charge in [-0.2, -0.15) is 0 Å². The van der Waals surface area contributed by atoms with Crippen LogP contribution in [0.2, 0.25) is 0 Å². The summed E-state index contributed by atoms with van der Waals surface area (Å²) in [7, 11) is 0. The van der Waals surface area contributed by atoms with E-state index in [1.165, 1.54) is 0 Å². The Morgan fingerprint density at radius 1 is 1.24 bits per heavy atom. The van der Waals surface area contributed by atoms with E-state index >= 15 is 0 Å². The highest BCUT2D eigenvalue weighted by Crippen LogP contribution is 2.33. The molecule has 1 aromatic heterocycles. The molecule has 0 aliphatic carbocycles. The molecule has 1 saturated heterocycles. The zero-order chi connectivity index (χ0) is 17.8. The molecule has 1 aromatic carbocycles. The summed E-state index contributed by atoms with van der Waals surface area (Å²) < 4.78 is 11.6. The van der Waals surface area contributed by atoms with Gasteiger partial charge in [0, 0.05) is 19.1 Å². The number of nitrogens with zero attached hydrogens (tertiary/aromatic N) is 1. The largest absolute Gasteiger partial charge is 0.417 e. The number of rotatable bonds is 3. The minimum Gasteiger partial charge on any atom is -0.410 e. The van der Waals surface area contributed by atoms with E-state index < -0.39 is 6.09 Å². The average Bonchev–Trinajstić information content (AvgIpc) is 2.60. The van der Waals surface area contributed by atoms with Crippen LogP contribution in [0.5, 0.6) is 5.75 Å². The molecule has 132 valence electrons. The monoisotopic (exact) mass is 404 g/mol. The second-order valence-corrected chi connectivity index (χ2v) is 6.99. The molecule has 5 nitrogen and oxygen atoms in total. The molecule has 1 N–H and O–H groups in total. The van der Waals surface area contributed by atoms with Gasteiger partial charge in [0.15, 0.2) is 0 Å². The summed E-state index contributed by atoms with van der Waals surface area (Å²) in [6.07, 6.45) is 1.27. The first-order chi connectivity index (χ1) is 12.0. The zero-order valence-electron chi connectivity index (χ0n) is 14.3. The lowest BCUT2D eigenvalue weighted by atomic mass is 9.94. The number of aryl methyl sites for hydroxylation is 2. The molecule has 0 unspecified atom stereocenters. The number of pyridine rings is 1. The van der Waals surface area contributed by atoms with Crippen LogP contribution in [0.15, 0.2) is 34.9 Å². The molecular weight excluding hydrogens is 384 g/mol. The molecule has 1 aliphatic heterocycles. The zero-order valence-corrected chi connectivity index (χ0v) is 15.9. The fraction of sp³-hybridized carbons (Fsp3) is 0.368. The van der Waals surface area contributed by atoms with Crippen LogP contribution in [-0.4, -0.2) is 24.3 Å². The molecule has 3 rings (SSSR count). The van der Waals surface area contributed by atoms with Crippen LogP contribution >= 0.6 is 15.9 Å². The van der Waals surface area contributed by atoms with Crippen molar-refractivity contribution in [2.45, 2.75) is 32.6 Å². The number of hydrogen-bond acceptors (Lipinski definition) is 4. The topological polar surface area (TPSA) is 60.5 Å². The van der Waals surface area contributed by atoms with E-state index in [4.69, 9.17) is 9.47 Å². The molecule has 2 heterocycles. The molecule has 0 atom stereocenters. The number of carbonyl (C=O) groups is 1. The fourth-order valence-corrected chi connectivity index (χ4v) is 3.14. The summed E-state index contributed by atoms with van der Waals surface area (Å²) in [5, 5.41) is 2.85. The minimum absolute atomic E-state index is 0.264. The maximum atomic E-state index is 12.3. The van der Waals surface area contributed by atoms with Gasteiger partial charge >= 0.3 is 6.09 Å². The summed E-state index contributed by atoms with van der Waals surface area (Å²) in [6.45, 7) is 5.36. The van der Waals surface area contributed by atoms with Crippen molar-refractivity contribution in [2.24, 2.45) is 0 Å². The summed E-state index contributed by atoms with van der Waals surface area (Å²) >= 11 is 3.49. The highest BCUT2D eigenvalue weighted by molar-refractivity contribution is 9.10. The van der Waals surface area contributed by atoms with Crippen molar-refractivity contribution in [3.05, 3.63) is 51.8 Å². The minimum atomic E-state index is -0.513. The van der Waals surface area contributed by atoms with Crippen molar-refractivity contribution in [3.63, 3.8) is 0 Å². The maximum absolute atomic E-state index is 12.3. The number of nitrogens with one attached hydrogen (secondary N) is 1. The van der Waals surface area contributed by atoms with Crippen LogP contribution in [0, 0.1) is 13.8 Å². The standard InChI is InChI=1S/C19H21BrN2O3/c1-12-3-5-15(6-4-12)25-19(23)21-16-11-13(2)18(20)22-17(16)14-7-9-24-10-8-14/h3-6,11,14H,7-10H2,1-2H3,(H,21,23). The predicted molar refractivity (Wildman–Crippen MR) is 100 cm³/mol. The first kappa shape index (κ1) is 17.9. The molecule has 25 heavy (non-hydrogen) atoms. The smallest absolute Gasteiger partial charge is 0.410 e. The van der Waals surface area contributed by atoms with Gasteiger partial charge in [0.2, 0.25) is 0 Å². The Kier molecular flexibility index (Phi) is 5.71. The normalized spacial score (nSPS) is 15.0. The van der Waals surface area contributed by atoms with Crippen LogP contribution in [0.25, 0.3) is 0 Å². The van der Waals surface area contributed by atoms with Gasteiger partial charge in [-0.3, -0.25) is 5.32 Å². The van der Waals surface area contributed by atoms with Crippen LogP contribution in [0.4, 0.5) is 10.5 Å². The van der Waals surface area contributed by atoms with E-state index in [1.54, 1.807) is 12.1 Å². The first-order valence-corrected chi connectivity index (χ1v) is 9.12. The summed E-state index contributed by atoms with van der Waals surface area (Å²) in [5.41, 5.74) is 3.65. The average molecular weight is 405 g/mol. The Hall–Kier alpha value is -1.92. The number of carbonyl (C=O) groups excluding carboxylic acids is 1. The molecule has 1 amide bonds. The van der Waals surface area contributed by atoms with Gasteiger partial charge in [-0.1, -0.05) is 17.7 Å². The van der Waals surface area contributed by atoms with E-state index in [9.17, 15) is 4.79 Å². The van der Waals surface area contributed by atoms with E-state index in [2.05, 4.69) is 26.2 Å². The maximum Gasteiger partial charge on any atom is 0.417 e. The Balaban J connectivity index is 1.79. The van der Waals surface area contributed by atoms with Crippen molar-refractivity contribution in [2.75, 3.05) is 18.5 Å². The molecule has 0 saturated carbocycles. The molecular formula is C19H21BrN2O3. The number of amides is 1. The fourth-order valence-electron chi connectivity index (χ4n) is 2.84. The SMILES string of the molecule is Cc1ccc(OC(=O)Nc2cc(C)c(Br)nc2C2CCOCC2)cc1. The van der Waals surface area contributed by atoms with E-state index in [0.29, 0.717) is 24.7 Å². The lowest BCUT2D eigenvalue weighted by Crippen LogP contribution is -2.21. The third kappa shape index (κ3) is 4.58. The highest BCUT2D eigenvalue weighted by Gasteiger charge is 2.23. The van der Waals surface area contributed by atoms with Gasteiger partial charge < -0.3 is 9.47 Å². The van der Waals surface area contributed by atoms with Crippen molar-refractivity contribution in [3.8, 4) is 5.75 Å². The van der Waals surface area contributed by atoms with Crippen LogP contribution in [-0.2, 0) is 4.74 Å². The molecule has 2 aromatic rings. The van der Waals surface area contributed by atoms with Crippen molar-refractivity contribution in [1.82, 2.24) is 4.98 Å². The number of ether oxygens (including phenoxy) is 2. The molecule has 6 heteroatoms. The molecule has 0 spiro atoms. The van der Waals surface area contributed by atoms with E-state index in [0.717, 1.165) is 34.3 Å². The second kappa shape index (κ2) is 7.97. The summed E-state index contributed by atoms with van der Waals surface area (Å²) in [4.78, 5) is 17.0. The van der Waals surface area contributed by atoms with Crippen molar-refractivity contribution >= 4 is 27.7 Å². The quantitative estimate of drug-likeness (QED) is 0.733. The Bertz CT molecular complexity index is 756. The van der Waals surface area contributed by atoms with E-state index in [-0.39, 0.29) is 5.92 Å². The molecule has 0 radical (unpaired) electrons. The van der Waals surface area contributed by atoms with Crippen molar-refractivity contribution < 1.29 is 14.3 Å². The molecule has 1 fully saturated rings. The number of benzene rings is 1. The predicted octanol–water partition coefficient (Wildman–Crippen LogP) is 4.97. The van der Waals surface area contributed by atoms with Crippen molar-refractivity contribution in [1.29, 1.82) is 0 Å². The van der Waals surface area contributed by atoms with Gasteiger partial charge in [-0.05, 0) is 66.4 Å². The van der Waals surface area contributed by atoms with Gasteiger partial charge in [0.05, 0.1) is 11.4 Å². The third-order valence-corrected chi connectivity index (χ3v) is 5.06. The number of anilines is 1. The van der Waals surface area contributed by atoms with Gasteiger partial charge in [-0.15, -0.1) is 0 Å². The number of hydrogen-bond donors (Lipinski definition) is 1. The van der Waals surface area contributed by atoms with Gasteiger partial charge in [0.25, 0.3) is 0 Å². The third-order valence-electron chi connectivity index (χ3n) is 4.26. The Morgan fingerprint density at radius 3 is 2.60 bits per heavy atom. The lowest BCUT2D eigenvalue weighted by Gasteiger charge is -2.24. The Labute approximate surface area is 155 Å². The first-order valence-electron chi connectivity index (χ1n) is 8.33. The second-order valence-electron chi connectivity index (χ2n) is 6.24. The highest BCUT2D eigenvalue weighted by atomic mass is 79.9. The molecule has 0 bridgehead atoms. The number of aromatic nitrogens is 1. The van der Waals surface area contributed by atoms with E-state index in [1.807, 2.05) is 32.0 Å².